The quantitative estimate of drug-likeness (QED) is 0.709. The molecule has 4 nitrogen and oxygen atoms in total. The molecule has 14 heavy (non-hydrogen) atoms. The SMILES string of the molecule is CCCS(=O)(=O)NC(=O)C1C=CCC1. The normalized spacial score (nSPS) is 21.1. The highest BCUT2D eigenvalue weighted by Gasteiger charge is 2.22. The molecule has 0 aromatic carbocycles. The zero-order chi connectivity index (χ0) is 10.6. The molecule has 1 unspecified atom stereocenters. The maximum absolute atomic E-state index is 11.4. The monoisotopic (exact) mass is 217 g/mol. The molecule has 0 aromatic rings. The van der Waals surface area contributed by atoms with Crippen LogP contribution in [-0.4, -0.2) is 20.1 Å². The van der Waals surface area contributed by atoms with Gasteiger partial charge in [0.05, 0.1) is 11.7 Å². The van der Waals surface area contributed by atoms with Gasteiger partial charge in [-0.15, -0.1) is 0 Å². The second-order valence-electron chi connectivity index (χ2n) is 3.40. The van der Waals surface area contributed by atoms with Gasteiger partial charge in [-0.3, -0.25) is 9.52 Å². The summed E-state index contributed by atoms with van der Waals surface area (Å²) in [7, 11) is -3.40. The van der Waals surface area contributed by atoms with E-state index in [4.69, 9.17) is 0 Å². The summed E-state index contributed by atoms with van der Waals surface area (Å²) in [5.41, 5.74) is 0. The molecule has 0 aromatic heterocycles. The lowest BCUT2D eigenvalue weighted by Crippen LogP contribution is -2.35. The van der Waals surface area contributed by atoms with E-state index < -0.39 is 15.9 Å². The average molecular weight is 217 g/mol. The third-order valence-electron chi connectivity index (χ3n) is 2.08. The number of nitrogens with one attached hydrogen (secondary N) is 1. The van der Waals surface area contributed by atoms with Gasteiger partial charge in [0.1, 0.15) is 0 Å². The van der Waals surface area contributed by atoms with Crippen molar-refractivity contribution in [1.29, 1.82) is 0 Å². The molecule has 0 fully saturated rings. The highest BCUT2D eigenvalue weighted by atomic mass is 32.2. The number of rotatable bonds is 4. The number of hydrogen-bond donors (Lipinski definition) is 1. The molecule has 1 amide bonds. The third-order valence-corrected chi connectivity index (χ3v) is 3.54. The Balaban J connectivity index is 2.51. The maximum Gasteiger partial charge on any atom is 0.240 e. The van der Waals surface area contributed by atoms with Crippen molar-refractivity contribution in [1.82, 2.24) is 4.72 Å². The first kappa shape index (κ1) is 11.2. The minimum absolute atomic E-state index is 0.00910. The molecule has 0 saturated carbocycles. The van der Waals surface area contributed by atoms with Crippen molar-refractivity contribution >= 4 is 15.9 Å². The largest absolute Gasteiger partial charge is 0.273 e. The van der Waals surface area contributed by atoms with E-state index in [0.717, 1.165) is 6.42 Å². The summed E-state index contributed by atoms with van der Waals surface area (Å²) in [6, 6.07) is 0. The van der Waals surface area contributed by atoms with E-state index in [2.05, 4.69) is 4.72 Å². The van der Waals surface area contributed by atoms with Gasteiger partial charge in [-0.25, -0.2) is 8.42 Å². The Labute approximate surface area is 84.4 Å². The lowest BCUT2D eigenvalue weighted by atomic mass is 10.1. The van der Waals surface area contributed by atoms with Gasteiger partial charge < -0.3 is 0 Å². The number of sulfonamides is 1. The number of carbonyl (C=O) groups is 1. The second-order valence-corrected chi connectivity index (χ2v) is 5.24. The average Bonchev–Trinajstić information content (AvgIpc) is 2.53. The van der Waals surface area contributed by atoms with Gasteiger partial charge >= 0.3 is 0 Å². The van der Waals surface area contributed by atoms with Gasteiger partial charge in [0.15, 0.2) is 0 Å². The molecule has 0 radical (unpaired) electrons. The topological polar surface area (TPSA) is 63.2 Å². The Bertz CT molecular complexity index is 332. The molecule has 1 N–H and O–H groups in total. The summed E-state index contributed by atoms with van der Waals surface area (Å²) in [6.45, 7) is 1.76. The molecule has 1 aliphatic rings. The fourth-order valence-electron chi connectivity index (χ4n) is 1.40. The van der Waals surface area contributed by atoms with Gasteiger partial charge in [-0.1, -0.05) is 19.1 Å². The summed E-state index contributed by atoms with van der Waals surface area (Å²) in [5.74, 6) is -0.649. The summed E-state index contributed by atoms with van der Waals surface area (Å²) >= 11 is 0. The molecule has 1 aliphatic carbocycles. The first-order valence-electron chi connectivity index (χ1n) is 4.76. The van der Waals surface area contributed by atoms with Gasteiger partial charge in [0, 0.05) is 0 Å². The Morgan fingerprint density at radius 1 is 1.57 bits per heavy atom. The fraction of sp³-hybridized carbons (Fsp3) is 0.667. The van der Waals surface area contributed by atoms with Crippen LogP contribution in [0.5, 0.6) is 0 Å². The van der Waals surface area contributed by atoms with Gasteiger partial charge in [-0.2, -0.15) is 0 Å². The van der Waals surface area contributed by atoms with E-state index in [1.165, 1.54) is 0 Å². The van der Waals surface area contributed by atoms with Gasteiger partial charge in [0.2, 0.25) is 15.9 Å². The molecule has 0 spiro atoms. The van der Waals surface area contributed by atoms with Crippen LogP contribution in [0.4, 0.5) is 0 Å². The van der Waals surface area contributed by atoms with E-state index in [-0.39, 0.29) is 11.7 Å². The summed E-state index contributed by atoms with van der Waals surface area (Å²) < 4.78 is 24.6. The summed E-state index contributed by atoms with van der Waals surface area (Å²) in [4.78, 5) is 11.4. The summed E-state index contributed by atoms with van der Waals surface area (Å²) in [5, 5.41) is 0. The van der Waals surface area contributed by atoms with Crippen molar-refractivity contribution in [2.24, 2.45) is 5.92 Å². The third kappa shape index (κ3) is 3.14. The Kier molecular flexibility index (Phi) is 3.69. The highest BCUT2D eigenvalue weighted by Crippen LogP contribution is 2.16. The van der Waals surface area contributed by atoms with Crippen LogP contribution in [0.15, 0.2) is 12.2 Å². The van der Waals surface area contributed by atoms with Crippen molar-refractivity contribution in [3.05, 3.63) is 12.2 Å². The number of allylic oxidation sites excluding steroid dienone is 1. The molecule has 0 heterocycles. The van der Waals surface area contributed by atoms with E-state index in [0.29, 0.717) is 12.8 Å². The fourth-order valence-corrected chi connectivity index (χ4v) is 2.50. The zero-order valence-corrected chi connectivity index (χ0v) is 9.01. The van der Waals surface area contributed by atoms with Crippen molar-refractivity contribution in [3.63, 3.8) is 0 Å². The number of carbonyl (C=O) groups excluding carboxylic acids is 1. The minimum atomic E-state index is -3.40. The number of amides is 1. The second kappa shape index (κ2) is 4.59. The smallest absolute Gasteiger partial charge is 0.240 e. The highest BCUT2D eigenvalue weighted by molar-refractivity contribution is 7.90. The van der Waals surface area contributed by atoms with Gasteiger partial charge in [0.25, 0.3) is 0 Å². The van der Waals surface area contributed by atoms with Crippen molar-refractivity contribution < 1.29 is 13.2 Å². The molecule has 0 saturated heterocycles. The molecular formula is C9H15NO3S. The predicted molar refractivity (Wildman–Crippen MR) is 54.1 cm³/mol. The van der Waals surface area contributed by atoms with Crippen LogP contribution in [0.1, 0.15) is 26.2 Å². The van der Waals surface area contributed by atoms with Crippen LogP contribution < -0.4 is 4.72 Å². The van der Waals surface area contributed by atoms with Crippen LogP contribution in [0.25, 0.3) is 0 Å². The van der Waals surface area contributed by atoms with Gasteiger partial charge in [-0.05, 0) is 19.3 Å². The Hall–Kier alpha value is -0.840. The van der Waals surface area contributed by atoms with E-state index in [9.17, 15) is 13.2 Å². The molecule has 80 valence electrons. The van der Waals surface area contributed by atoms with Crippen LogP contribution in [-0.2, 0) is 14.8 Å². The van der Waals surface area contributed by atoms with E-state index >= 15 is 0 Å². The standard InChI is InChI=1S/C9H15NO3S/c1-2-7-14(12,13)10-9(11)8-5-3-4-6-8/h3,5,8H,2,4,6-7H2,1H3,(H,10,11). The van der Waals surface area contributed by atoms with E-state index in [1.807, 2.05) is 6.08 Å². The maximum atomic E-state index is 11.4. The van der Waals surface area contributed by atoms with Crippen LogP contribution in [0.2, 0.25) is 0 Å². The van der Waals surface area contributed by atoms with E-state index in [1.54, 1.807) is 13.0 Å². The van der Waals surface area contributed by atoms with Crippen LogP contribution >= 0.6 is 0 Å². The van der Waals surface area contributed by atoms with Crippen LogP contribution in [0, 0.1) is 5.92 Å². The first-order valence-corrected chi connectivity index (χ1v) is 6.41. The predicted octanol–water partition coefficient (Wildman–Crippen LogP) is 0.809. The number of hydrogen-bond acceptors (Lipinski definition) is 3. The van der Waals surface area contributed by atoms with Crippen LogP contribution in [0.3, 0.4) is 0 Å². The first-order chi connectivity index (χ1) is 6.55. The molecular weight excluding hydrogens is 202 g/mol. The molecule has 1 rings (SSSR count). The van der Waals surface area contributed by atoms with Crippen molar-refractivity contribution in [3.8, 4) is 0 Å². The summed E-state index contributed by atoms with van der Waals surface area (Å²) in [6.07, 6.45) is 5.75. The lowest BCUT2D eigenvalue weighted by Gasteiger charge is -2.09. The van der Waals surface area contributed by atoms with Crippen molar-refractivity contribution in [2.45, 2.75) is 26.2 Å². The zero-order valence-electron chi connectivity index (χ0n) is 8.19. The molecule has 1 atom stereocenters. The Morgan fingerprint density at radius 2 is 2.29 bits per heavy atom. The molecule has 0 bridgehead atoms. The lowest BCUT2D eigenvalue weighted by molar-refractivity contribution is -0.121. The van der Waals surface area contributed by atoms with Crippen molar-refractivity contribution in [2.75, 3.05) is 5.75 Å². The minimum Gasteiger partial charge on any atom is -0.273 e. The Morgan fingerprint density at radius 3 is 2.79 bits per heavy atom. The molecule has 0 aliphatic heterocycles. The molecule has 5 heteroatoms.